The van der Waals surface area contributed by atoms with Crippen molar-refractivity contribution in [3.05, 3.63) is 23.3 Å². The highest BCUT2D eigenvalue weighted by Crippen LogP contribution is 2.59. The van der Waals surface area contributed by atoms with Crippen LogP contribution in [0, 0.1) is 17.3 Å². The predicted molar refractivity (Wildman–Crippen MR) is 72.7 cm³/mol. The number of nitrogens with one attached hydrogen (secondary N) is 1. The molecule has 2 bridgehead atoms. The Morgan fingerprint density at radius 3 is 3.16 bits per heavy atom. The molecule has 0 aromatic rings. The van der Waals surface area contributed by atoms with E-state index in [1.807, 2.05) is 0 Å². The molecule has 102 valence electrons. The van der Waals surface area contributed by atoms with E-state index in [2.05, 4.69) is 17.5 Å². The topological polar surface area (TPSA) is 49.3 Å². The molecule has 4 rings (SSSR count). The van der Waals surface area contributed by atoms with E-state index in [4.69, 9.17) is 0 Å². The van der Waals surface area contributed by atoms with Crippen LogP contribution in [0.2, 0.25) is 0 Å². The number of allylic oxidation sites excluding steroid dienone is 3. The predicted octanol–water partition coefficient (Wildman–Crippen LogP) is 2.50. The lowest BCUT2D eigenvalue weighted by Gasteiger charge is -2.56. The first-order valence-corrected chi connectivity index (χ1v) is 7.56. The molecule has 1 saturated carbocycles. The molecule has 4 aliphatic rings. The fourth-order valence-corrected chi connectivity index (χ4v) is 5.24. The van der Waals surface area contributed by atoms with Gasteiger partial charge in [-0.3, -0.25) is 4.79 Å². The molecule has 1 saturated heterocycles. The van der Waals surface area contributed by atoms with Crippen LogP contribution in [-0.2, 0) is 4.79 Å². The molecule has 0 aromatic heterocycles. The first-order chi connectivity index (χ1) is 9.21. The normalized spacial score (nSPS) is 43.9. The zero-order chi connectivity index (χ0) is 13.0. The minimum absolute atomic E-state index is 0.129. The van der Waals surface area contributed by atoms with Crippen LogP contribution in [0.1, 0.15) is 38.5 Å². The van der Waals surface area contributed by atoms with Gasteiger partial charge in [0, 0.05) is 11.5 Å². The number of piperidine rings is 1. The van der Waals surface area contributed by atoms with Gasteiger partial charge in [-0.15, -0.1) is 0 Å². The second kappa shape index (κ2) is 3.95. The van der Waals surface area contributed by atoms with Crippen LogP contribution in [0.3, 0.4) is 0 Å². The molecule has 1 aliphatic heterocycles. The van der Waals surface area contributed by atoms with Gasteiger partial charge in [0.2, 0.25) is 0 Å². The van der Waals surface area contributed by atoms with Crippen molar-refractivity contribution in [3.8, 4) is 0 Å². The monoisotopic (exact) mass is 259 g/mol. The van der Waals surface area contributed by atoms with Crippen LogP contribution in [0.25, 0.3) is 0 Å². The minimum Gasteiger partial charge on any atom is -0.481 e. The fourth-order valence-electron chi connectivity index (χ4n) is 5.24. The molecular formula is C16H21NO2. The quantitative estimate of drug-likeness (QED) is 0.760. The zero-order valence-corrected chi connectivity index (χ0v) is 11.2. The Labute approximate surface area is 113 Å². The summed E-state index contributed by atoms with van der Waals surface area (Å²) >= 11 is 0. The van der Waals surface area contributed by atoms with E-state index in [-0.39, 0.29) is 11.3 Å². The molecule has 2 N–H and O–H groups in total. The average Bonchev–Trinajstić information content (AvgIpc) is 2.86. The third kappa shape index (κ3) is 1.51. The molecular weight excluding hydrogens is 238 g/mol. The third-order valence-corrected chi connectivity index (χ3v) is 5.99. The molecule has 4 atom stereocenters. The van der Waals surface area contributed by atoms with E-state index in [1.165, 1.54) is 12.0 Å². The number of hydrogen-bond donors (Lipinski definition) is 2. The van der Waals surface area contributed by atoms with E-state index in [0.717, 1.165) is 38.6 Å². The standard InChI is InChI=1S/C16H21NO2/c18-15(19)11-4-5-13-14-8-10-2-1-3-12(10)16(13,9-11)6-7-17-14/h1,3,11,13-14,17H,2,4-9H2,(H,18,19)/t11?,13-,14+,16+/m0/s1. The highest BCUT2D eigenvalue weighted by molar-refractivity contribution is 5.70. The largest absolute Gasteiger partial charge is 0.481 e. The maximum Gasteiger partial charge on any atom is 0.306 e. The van der Waals surface area contributed by atoms with Gasteiger partial charge in [-0.2, -0.15) is 0 Å². The molecule has 1 unspecified atom stereocenters. The maximum absolute atomic E-state index is 11.4. The van der Waals surface area contributed by atoms with Crippen molar-refractivity contribution >= 4 is 5.97 Å². The van der Waals surface area contributed by atoms with Crippen molar-refractivity contribution < 1.29 is 9.90 Å². The summed E-state index contributed by atoms with van der Waals surface area (Å²) in [5, 5.41) is 13.1. The average molecular weight is 259 g/mol. The molecule has 3 heteroatoms. The number of aliphatic carboxylic acids is 1. The number of carboxylic acids is 1. The second-order valence-electron chi connectivity index (χ2n) is 6.72. The number of rotatable bonds is 1. The summed E-state index contributed by atoms with van der Waals surface area (Å²) in [6.45, 7) is 1.05. The Morgan fingerprint density at radius 2 is 2.32 bits per heavy atom. The number of carboxylic acid groups (broad SMARTS) is 1. The Balaban J connectivity index is 1.79. The second-order valence-corrected chi connectivity index (χ2v) is 6.72. The Hall–Kier alpha value is -1.09. The molecule has 3 nitrogen and oxygen atoms in total. The Morgan fingerprint density at radius 1 is 1.42 bits per heavy atom. The molecule has 19 heavy (non-hydrogen) atoms. The smallest absolute Gasteiger partial charge is 0.306 e. The van der Waals surface area contributed by atoms with Crippen LogP contribution in [-0.4, -0.2) is 23.7 Å². The zero-order valence-electron chi connectivity index (χ0n) is 11.2. The summed E-state index contributed by atoms with van der Waals surface area (Å²) in [5.41, 5.74) is 3.29. The molecule has 0 aromatic carbocycles. The van der Waals surface area contributed by atoms with Gasteiger partial charge >= 0.3 is 5.97 Å². The highest BCUT2D eigenvalue weighted by atomic mass is 16.4. The molecule has 0 spiro atoms. The van der Waals surface area contributed by atoms with Crippen molar-refractivity contribution in [1.82, 2.24) is 5.32 Å². The molecule has 0 amide bonds. The van der Waals surface area contributed by atoms with Gasteiger partial charge in [-0.25, -0.2) is 0 Å². The van der Waals surface area contributed by atoms with Crippen molar-refractivity contribution in [2.24, 2.45) is 17.3 Å². The summed E-state index contributed by atoms with van der Waals surface area (Å²) < 4.78 is 0. The van der Waals surface area contributed by atoms with Crippen molar-refractivity contribution in [2.75, 3.05) is 6.54 Å². The van der Waals surface area contributed by atoms with Crippen LogP contribution >= 0.6 is 0 Å². The van der Waals surface area contributed by atoms with E-state index in [1.54, 1.807) is 5.57 Å². The SMILES string of the molecule is O=C(O)C1CC[C@H]2[C@H]3CC4=C(C=CC4)[C@@]2(CCN3)C1. The summed E-state index contributed by atoms with van der Waals surface area (Å²) in [5.74, 6) is -0.0493. The van der Waals surface area contributed by atoms with Crippen LogP contribution in [0.15, 0.2) is 23.3 Å². The van der Waals surface area contributed by atoms with Crippen LogP contribution in [0.5, 0.6) is 0 Å². The summed E-state index contributed by atoms with van der Waals surface area (Å²) in [6, 6.07) is 0.599. The fraction of sp³-hybridized carbons (Fsp3) is 0.688. The minimum atomic E-state index is -0.586. The maximum atomic E-state index is 11.4. The lowest BCUT2D eigenvalue weighted by Crippen LogP contribution is -2.58. The lowest BCUT2D eigenvalue weighted by molar-refractivity contribution is -0.146. The van der Waals surface area contributed by atoms with Gasteiger partial charge in [0.15, 0.2) is 0 Å². The van der Waals surface area contributed by atoms with E-state index >= 15 is 0 Å². The van der Waals surface area contributed by atoms with Crippen molar-refractivity contribution in [1.29, 1.82) is 0 Å². The molecule has 3 aliphatic carbocycles. The first kappa shape index (κ1) is 11.7. The first-order valence-electron chi connectivity index (χ1n) is 7.56. The lowest BCUT2D eigenvalue weighted by atomic mass is 9.51. The van der Waals surface area contributed by atoms with Crippen LogP contribution in [0.4, 0.5) is 0 Å². The van der Waals surface area contributed by atoms with Crippen LogP contribution < -0.4 is 5.32 Å². The van der Waals surface area contributed by atoms with Crippen molar-refractivity contribution in [2.45, 2.75) is 44.6 Å². The summed E-state index contributed by atoms with van der Waals surface area (Å²) in [7, 11) is 0. The number of hydrogen-bond acceptors (Lipinski definition) is 2. The Bertz CT molecular complexity index is 493. The molecule has 1 heterocycles. The van der Waals surface area contributed by atoms with Gasteiger partial charge in [0.05, 0.1) is 5.92 Å². The number of carbonyl (C=O) groups is 1. The Kier molecular flexibility index (Phi) is 2.44. The van der Waals surface area contributed by atoms with Gasteiger partial charge in [0.25, 0.3) is 0 Å². The van der Waals surface area contributed by atoms with Gasteiger partial charge in [-0.05, 0) is 56.6 Å². The van der Waals surface area contributed by atoms with Gasteiger partial charge < -0.3 is 10.4 Å². The molecule has 0 radical (unpaired) electrons. The van der Waals surface area contributed by atoms with Gasteiger partial charge in [-0.1, -0.05) is 17.7 Å². The highest BCUT2D eigenvalue weighted by Gasteiger charge is 2.55. The third-order valence-electron chi connectivity index (χ3n) is 5.99. The van der Waals surface area contributed by atoms with E-state index in [0.29, 0.717) is 12.0 Å². The van der Waals surface area contributed by atoms with E-state index in [9.17, 15) is 9.90 Å². The molecule has 2 fully saturated rings. The summed E-state index contributed by atoms with van der Waals surface area (Å²) in [6.07, 6.45) is 10.8. The summed E-state index contributed by atoms with van der Waals surface area (Å²) in [4.78, 5) is 11.4. The van der Waals surface area contributed by atoms with Crippen molar-refractivity contribution in [3.63, 3.8) is 0 Å². The van der Waals surface area contributed by atoms with E-state index < -0.39 is 5.97 Å². The van der Waals surface area contributed by atoms with Gasteiger partial charge in [0.1, 0.15) is 0 Å².